The van der Waals surface area contributed by atoms with Crippen LogP contribution in [0.4, 0.5) is 0 Å². The Morgan fingerprint density at radius 2 is 2.38 bits per heavy atom. The SMILES string of the molecule is [Na+].[O-]Cc1ccco1. The molecule has 0 radical (unpaired) electrons. The first kappa shape index (κ1) is 8.24. The van der Waals surface area contributed by atoms with E-state index in [0.29, 0.717) is 5.76 Å². The Morgan fingerprint density at radius 3 is 2.62 bits per heavy atom. The van der Waals surface area contributed by atoms with E-state index in [9.17, 15) is 5.11 Å². The molecule has 38 valence electrons. The summed E-state index contributed by atoms with van der Waals surface area (Å²) in [5, 5.41) is 9.90. The maximum absolute atomic E-state index is 9.90. The first-order valence-electron chi connectivity index (χ1n) is 2.04. The van der Waals surface area contributed by atoms with Crippen molar-refractivity contribution in [1.82, 2.24) is 0 Å². The molecule has 3 heteroatoms. The Hall–Kier alpha value is 0.240. The van der Waals surface area contributed by atoms with Crippen LogP contribution in [0.15, 0.2) is 22.8 Å². The van der Waals surface area contributed by atoms with E-state index in [2.05, 4.69) is 4.42 Å². The van der Waals surface area contributed by atoms with E-state index in [0.717, 1.165) is 0 Å². The predicted octanol–water partition coefficient (Wildman–Crippen LogP) is -2.86. The molecule has 0 aromatic carbocycles. The van der Waals surface area contributed by atoms with Crippen molar-refractivity contribution < 1.29 is 39.1 Å². The Labute approximate surface area is 69.8 Å². The van der Waals surface area contributed by atoms with Crippen molar-refractivity contribution in [1.29, 1.82) is 0 Å². The van der Waals surface area contributed by atoms with E-state index >= 15 is 0 Å². The maximum Gasteiger partial charge on any atom is 1.00 e. The van der Waals surface area contributed by atoms with Crippen molar-refractivity contribution in [3.8, 4) is 0 Å². The van der Waals surface area contributed by atoms with Crippen molar-refractivity contribution in [3.05, 3.63) is 24.2 Å². The summed E-state index contributed by atoms with van der Waals surface area (Å²) >= 11 is 0. The number of hydrogen-bond acceptors (Lipinski definition) is 2. The predicted molar refractivity (Wildman–Crippen MR) is 22.4 cm³/mol. The molecular formula is C5H5NaO2. The first-order chi connectivity index (χ1) is 3.43. The molecule has 0 fully saturated rings. The molecule has 0 aliphatic carbocycles. The molecule has 0 unspecified atom stereocenters. The molecule has 8 heavy (non-hydrogen) atoms. The third-order valence-corrected chi connectivity index (χ3v) is 0.722. The number of hydrogen-bond donors (Lipinski definition) is 0. The Kier molecular flexibility index (Phi) is 4.28. The largest absolute Gasteiger partial charge is 1.00 e. The van der Waals surface area contributed by atoms with E-state index in [1.165, 1.54) is 6.26 Å². The van der Waals surface area contributed by atoms with Crippen LogP contribution < -0.4 is 34.7 Å². The fourth-order valence-corrected chi connectivity index (χ4v) is 0.395. The fraction of sp³-hybridized carbons (Fsp3) is 0.200. The summed E-state index contributed by atoms with van der Waals surface area (Å²) in [6.45, 7) is -0.257. The summed E-state index contributed by atoms with van der Waals surface area (Å²) in [6.07, 6.45) is 1.49. The Morgan fingerprint density at radius 1 is 1.62 bits per heavy atom. The zero-order chi connectivity index (χ0) is 5.11. The van der Waals surface area contributed by atoms with Gasteiger partial charge in [0.15, 0.2) is 0 Å². The zero-order valence-electron chi connectivity index (χ0n) is 4.76. The molecule has 0 aliphatic rings. The van der Waals surface area contributed by atoms with Gasteiger partial charge in [0, 0.05) is 0 Å². The summed E-state index contributed by atoms with van der Waals surface area (Å²) in [4.78, 5) is 0. The van der Waals surface area contributed by atoms with Gasteiger partial charge >= 0.3 is 29.6 Å². The molecule has 0 aliphatic heterocycles. The van der Waals surface area contributed by atoms with Crippen LogP contribution in [0, 0.1) is 0 Å². The smallest absolute Gasteiger partial charge is 0.849 e. The molecule has 1 aromatic rings. The zero-order valence-corrected chi connectivity index (χ0v) is 6.76. The van der Waals surface area contributed by atoms with Gasteiger partial charge in [-0.1, -0.05) is 6.61 Å². The van der Waals surface area contributed by atoms with Crippen LogP contribution in [-0.2, 0) is 6.61 Å². The van der Waals surface area contributed by atoms with Gasteiger partial charge < -0.3 is 9.52 Å². The third-order valence-electron chi connectivity index (χ3n) is 0.722. The van der Waals surface area contributed by atoms with Crippen LogP contribution in [0.2, 0.25) is 0 Å². The number of rotatable bonds is 1. The molecule has 0 atom stereocenters. The second kappa shape index (κ2) is 4.15. The summed E-state index contributed by atoms with van der Waals surface area (Å²) < 4.78 is 4.67. The Bertz CT molecular complexity index is 125. The van der Waals surface area contributed by atoms with Crippen LogP contribution in [0.1, 0.15) is 5.76 Å². The minimum Gasteiger partial charge on any atom is -0.849 e. The van der Waals surface area contributed by atoms with Crippen LogP contribution in [-0.4, -0.2) is 0 Å². The van der Waals surface area contributed by atoms with E-state index < -0.39 is 0 Å². The molecule has 0 bridgehead atoms. The van der Waals surface area contributed by atoms with Gasteiger partial charge in [0.05, 0.1) is 12.0 Å². The average Bonchev–Trinajstić information content (AvgIpc) is 2.14. The van der Waals surface area contributed by atoms with Gasteiger partial charge in [-0.05, 0) is 12.1 Å². The maximum atomic E-state index is 9.90. The molecule has 1 aromatic heterocycles. The molecule has 0 N–H and O–H groups in total. The quantitative estimate of drug-likeness (QED) is 0.374. The van der Waals surface area contributed by atoms with Crippen LogP contribution in [0.5, 0.6) is 0 Å². The molecular weight excluding hydrogens is 115 g/mol. The van der Waals surface area contributed by atoms with Crippen molar-refractivity contribution in [2.45, 2.75) is 6.61 Å². The van der Waals surface area contributed by atoms with E-state index in [4.69, 9.17) is 0 Å². The summed E-state index contributed by atoms with van der Waals surface area (Å²) in [5.41, 5.74) is 0. The average molecular weight is 120 g/mol. The molecule has 0 saturated carbocycles. The van der Waals surface area contributed by atoms with E-state index in [-0.39, 0.29) is 36.2 Å². The van der Waals surface area contributed by atoms with Crippen molar-refractivity contribution in [3.63, 3.8) is 0 Å². The molecule has 0 amide bonds. The van der Waals surface area contributed by atoms with Gasteiger partial charge in [-0.15, -0.1) is 0 Å². The number of furan rings is 1. The minimum absolute atomic E-state index is 0. The fourth-order valence-electron chi connectivity index (χ4n) is 0.395. The minimum atomic E-state index is -0.257. The normalized spacial score (nSPS) is 8.12. The van der Waals surface area contributed by atoms with Gasteiger partial charge in [-0.2, -0.15) is 0 Å². The topological polar surface area (TPSA) is 36.2 Å². The third kappa shape index (κ3) is 2.01. The van der Waals surface area contributed by atoms with E-state index in [1.807, 2.05) is 0 Å². The van der Waals surface area contributed by atoms with Crippen LogP contribution >= 0.6 is 0 Å². The second-order valence-electron chi connectivity index (χ2n) is 1.22. The molecule has 0 saturated heterocycles. The summed E-state index contributed by atoms with van der Waals surface area (Å²) in [7, 11) is 0. The molecule has 1 heterocycles. The monoisotopic (exact) mass is 120 g/mol. The Balaban J connectivity index is 0.000000490. The van der Waals surface area contributed by atoms with Gasteiger partial charge in [0.25, 0.3) is 0 Å². The molecule has 2 nitrogen and oxygen atoms in total. The summed E-state index contributed by atoms with van der Waals surface area (Å²) in [6, 6.07) is 3.36. The van der Waals surface area contributed by atoms with Crippen molar-refractivity contribution in [2.24, 2.45) is 0 Å². The first-order valence-corrected chi connectivity index (χ1v) is 2.04. The van der Waals surface area contributed by atoms with Gasteiger partial charge in [-0.3, -0.25) is 0 Å². The molecule has 0 spiro atoms. The van der Waals surface area contributed by atoms with E-state index in [1.54, 1.807) is 12.1 Å². The summed E-state index contributed by atoms with van der Waals surface area (Å²) in [5.74, 6) is 0.500. The van der Waals surface area contributed by atoms with Gasteiger partial charge in [0.2, 0.25) is 0 Å². The molecule has 1 rings (SSSR count). The van der Waals surface area contributed by atoms with Gasteiger partial charge in [0.1, 0.15) is 0 Å². The second-order valence-corrected chi connectivity index (χ2v) is 1.22. The van der Waals surface area contributed by atoms with Crippen molar-refractivity contribution in [2.75, 3.05) is 0 Å². The standard InChI is InChI=1S/C5H5O2.Na/c6-4-5-2-1-3-7-5;/h1-3H,4H2;/q-1;+1. The van der Waals surface area contributed by atoms with Crippen LogP contribution in [0.3, 0.4) is 0 Å². The van der Waals surface area contributed by atoms with Crippen molar-refractivity contribution >= 4 is 0 Å². The van der Waals surface area contributed by atoms with Gasteiger partial charge in [-0.25, -0.2) is 0 Å². The van der Waals surface area contributed by atoms with Crippen LogP contribution in [0.25, 0.3) is 0 Å².